The van der Waals surface area contributed by atoms with Gasteiger partial charge in [-0.3, -0.25) is 0 Å². The molecule has 4 N–H and O–H groups in total. The minimum Gasteiger partial charge on any atom is -0.463 e. The number of carbonyl (C=O) groups excluding carboxylic acids is 2. The molecule has 0 aliphatic heterocycles. The van der Waals surface area contributed by atoms with Crippen molar-refractivity contribution in [2.24, 2.45) is 11.5 Å². The van der Waals surface area contributed by atoms with Crippen LogP contribution in [0.15, 0.2) is 11.8 Å². The molecule has 0 heterocycles. The molecule has 0 radical (unpaired) electrons. The lowest BCUT2D eigenvalue weighted by Gasteiger charge is -2.01. The van der Waals surface area contributed by atoms with Crippen LogP contribution >= 0.6 is 0 Å². The second-order valence-electron chi connectivity index (χ2n) is 2.08. The molecule has 13 heavy (non-hydrogen) atoms. The van der Waals surface area contributed by atoms with Crippen LogP contribution in [-0.4, -0.2) is 25.3 Å². The van der Waals surface area contributed by atoms with Crippen LogP contribution in [-0.2, 0) is 14.3 Å². The van der Waals surface area contributed by atoms with Gasteiger partial charge < -0.3 is 20.9 Å². The van der Waals surface area contributed by atoms with E-state index in [9.17, 15) is 9.59 Å². The number of hydrogen-bond donors (Lipinski definition) is 2. The second-order valence-corrected chi connectivity index (χ2v) is 2.08. The van der Waals surface area contributed by atoms with Crippen molar-refractivity contribution < 1.29 is 19.1 Å². The molecule has 0 rings (SSSR count). The van der Waals surface area contributed by atoms with Crippen LogP contribution in [0.25, 0.3) is 0 Å². The highest BCUT2D eigenvalue weighted by Gasteiger charge is 2.00. The van der Waals surface area contributed by atoms with Gasteiger partial charge in [-0.25, -0.2) is 9.59 Å². The van der Waals surface area contributed by atoms with Gasteiger partial charge in [-0.15, -0.1) is 0 Å². The third kappa shape index (κ3) is 6.67. The van der Waals surface area contributed by atoms with Gasteiger partial charge in [0, 0.05) is 6.08 Å². The molecule has 0 saturated carbocycles. The average Bonchev–Trinajstić information content (AvgIpc) is 2.01. The Labute approximate surface area is 75.5 Å². The first-order valence-electron chi connectivity index (χ1n) is 3.61. The zero-order valence-electron chi connectivity index (χ0n) is 7.28. The van der Waals surface area contributed by atoms with Crippen LogP contribution in [0, 0.1) is 0 Å². The van der Waals surface area contributed by atoms with E-state index in [1.165, 1.54) is 0 Å². The van der Waals surface area contributed by atoms with Crippen LogP contribution in [0.3, 0.4) is 0 Å². The quantitative estimate of drug-likeness (QED) is 0.456. The van der Waals surface area contributed by atoms with Crippen molar-refractivity contribution in [3.63, 3.8) is 0 Å². The maximum Gasteiger partial charge on any atom is 0.404 e. The third-order valence-electron chi connectivity index (χ3n) is 0.971. The molecule has 0 spiro atoms. The van der Waals surface area contributed by atoms with Crippen LogP contribution < -0.4 is 11.5 Å². The van der Waals surface area contributed by atoms with Crippen LogP contribution in [0.2, 0.25) is 0 Å². The SMILES string of the molecule is CCOC(=O)/C=C(\N)COC(N)=O. The fourth-order valence-electron chi connectivity index (χ4n) is 0.531. The molecule has 0 aliphatic carbocycles. The van der Waals surface area contributed by atoms with E-state index in [-0.39, 0.29) is 18.9 Å². The molecule has 0 bridgehead atoms. The monoisotopic (exact) mass is 188 g/mol. The first-order chi connectivity index (χ1) is 6.06. The summed E-state index contributed by atoms with van der Waals surface area (Å²) >= 11 is 0. The van der Waals surface area contributed by atoms with Crippen molar-refractivity contribution >= 4 is 12.1 Å². The third-order valence-corrected chi connectivity index (χ3v) is 0.971. The van der Waals surface area contributed by atoms with E-state index in [1.54, 1.807) is 6.92 Å². The van der Waals surface area contributed by atoms with Crippen molar-refractivity contribution in [2.75, 3.05) is 13.2 Å². The van der Waals surface area contributed by atoms with Crippen LogP contribution in [0.1, 0.15) is 6.92 Å². The summed E-state index contributed by atoms with van der Waals surface area (Å²) in [5, 5.41) is 0. The van der Waals surface area contributed by atoms with E-state index in [0.29, 0.717) is 0 Å². The lowest BCUT2D eigenvalue weighted by molar-refractivity contribution is -0.137. The topological polar surface area (TPSA) is 105 Å². The Hall–Kier alpha value is -1.72. The predicted octanol–water partition coefficient (Wildman–Crippen LogP) is -0.513. The van der Waals surface area contributed by atoms with Gasteiger partial charge in [0.05, 0.1) is 12.3 Å². The molecule has 74 valence electrons. The molecule has 6 nitrogen and oxygen atoms in total. The van der Waals surface area contributed by atoms with E-state index in [0.717, 1.165) is 6.08 Å². The van der Waals surface area contributed by atoms with E-state index in [2.05, 4.69) is 15.2 Å². The standard InChI is InChI=1S/C7H12N2O4/c1-2-12-6(10)3-5(8)4-13-7(9)11/h3H,2,4,8H2,1H3,(H2,9,11)/b5-3-. The fraction of sp³-hybridized carbons (Fsp3) is 0.429. The van der Waals surface area contributed by atoms with Crippen molar-refractivity contribution in [1.82, 2.24) is 0 Å². The van der Waals surface area contributed by atoms with Gasteiger partial charge in [-0.1, -0.05) is 0 Å². The number of primary amides is 1. The van der Waals surface area contributed by atoms with Gasteiger partial charge in [0.25, 0.3) is 0 Å². The van der Waals surface area contributed by atoms with Gasteiger partial charge in [-0.05, 0) is 6.92 Å². The summed E-state index contributed by atoms with van der Waals surface area (Å²) < 4.78 is 8.87. The summed E-state index contributed by atoms with van der Waals surface area (Å²) in [5.41, 5.74) is 10.0. The number of carbonyl (C=O) groups is 2. The van der Waals surface area contributed by atoms with Gasteiger partial charge >= 0.3 is 12.1 Å². The Morgan fingerprint density at radius 1 is 1.31 bits per heavy atom. The van der Waals surface area contributed by atoms with Crippen molar-refractivity contribution in [3.8, 4) is 0 Å². The Balaban J connectivity index is 3.87. The first kappa shape index (κ1) is 11.3. The molecule has 0 aromatic carbocycles. The average molecular weight is 188 g/mol. The van der Waals surface area contributed by atoms with Crippen LogP contribution in [0.4, 0.5) is 4.79 Å². The van der Waals surface area contributed by atoms with Crippen LogP contribution in [0.5, 0.6) is 0 Å². The second kappa shape index (κ2) is 5.87. The van der Waals surface area contributed by atoms with Gasteiger partial charge in [0.2, 0.25) is 0 Å². The van der Waals surface area contributed by atoms with Gasteiger partial charge in [0.1, 0.15) is 6.61 Å². The Kier molecular flexibility index (Phi) is 5.09. The fourth-order valence-corrected chi connectivity index (χ4v) is 0.531. The molecule has 0 unspecified atom stereocenters. The minimum absolute atomic E-state index is 0.0808. The number of amides is 1. The summed E-state index contributed by atoms with van der Waals surface area (Å²) in [6.45, 7) is 1.72. The van der Waals surface area contributed by atoms with Gasteiger partial charge in [-0.2, -0.15) is 0 Å². The predicted molar refractivity (Wildman–Crippen MR) is 44.4 cm³/mol. The smallest absolute Gasteiger partial charge is 0.404 e. The zero-order valence-corrected chi connectivity index (χ0v) is 7.28. The van der Waals surface area contributed by atoms with Crippen molar-refractivity contribution in [2.45, 2.75) is 6.92 Å². The number of esters is 1. The van der Waals surface area contributed by atoms with E-state index < -0.39 is 12.1 Å². The largest absolute Gasteiger partial charge is 0.463 e. The normalized spacial score (nSPS) is 10.7. The Morgan fingerprint density at radius 3 is 2.38 bits per heavy atom. The Bertz CT molecular complexity index is 225. The molecule has 0 saturated heterocycles. The summed E-state index contributed by atoms with van der Waals surface area (Å²) in [6.07, 6.45) is 0.0899. The van der Waals surface area contributed by atoms with Crippen molar-refractivity contribution in [3.05, 3.63) is 11.8 Å². The summed E-state index contributed by atoms with van der Waals surface area (Å²) in [7, 11) is 0. The first-order valence-corrected chi connectivity index (χ1v) is 3.61. The minimum atomic E-state index is -0.944. The Morgan fingerprint density at radius 2 is 1.92 bits per heavy atom. The number of ether oxygens (including phenoxy) is 2. The molecule has 0 aromatic heterocycles. The number of hydrogen-bond acceptors (Lipinski definition) is 5. The zero-order chi connectivity index (χ0) is 10.3. The highest BCUT2D eigenvalue weighted by atomic mass is 16.5. The lowest BCUT2D eigenvalue weighted by Crippen LogP contribution is -2.18. The molecule has 6 heteroatoms. The molecule has 1 amide bonds. The van der Waals surface area contributed by atoms with E-state index >= 15 is 0 Å². The summed E-state index contributed by atoms with van der Waals surface area (Å²) in [5.74, 6) is -0.576. The van der Waals surface area contributed by atoms with Crippen molar-refractivity contribution in [1.29, 1.82) is 0 Å². The number of nitrogens with two attached hydrogens (primary N) is 2. The number of rotatable bonds is 4. The molecule has 0 aliphatic rings. The molecule has 0 atom stereocenters. The summed E-state index contributed by atoms with van der Waals surface area (Å²) in [4.78, 5) is 20.9. The highest BCUT2D eigenvalue weighted by molar-refractivity contribution is 5.82. The maximum absolute atomic E-state index is 10.7. The van der Waals surface area contributed by atoms with E-state index in [4.69, 9.17) is 5.73 Å². The highest BCUT2D eigenvalue weighted by Crippen LogP contribution is 1.88. The van der Waals surface area contributed by atoms with Gasteiger partial charge in [0.15, 0.2) is 0 Å². The van der Waals surface area contributed by atoms with E-state index in [1.807, 2.05) is 0 Å². The molecular formula is C7H12N2O4. The lowest BCUT2D eigenvalue weighted by atomic mass is 10.4. The molecular weight excluding hydrogens is 176 g/mol. The maximum atomic E-state index is 10.7. The molecule has 0 fully saturated rings. The summed E-state index contributed by atoms with van der Waals surface area (Å²) in [6, 6.07) is 0. The molecule has 0 aromatic rings.